The highest BCUT2D eigenvalue weighted by Crippen LogP contribution is 2.30. The number of aromatic nitrogens is 2. The third-order valence-electron chi connectivity index (χ3n) is 7.35. The molecule has 0 spiro atoms. The quantitative estimate of drug-likeness (QED) is 0.535. The fourth-order valence-electron chi connectivity index (χ4n) is 5.29. The highest BCUT2D eigenvalue weighted by atomic mass is 16.6. The van der Waals surface area contributed by atoms with Crippen LogP contribution in [0.1, 0.15) is 25.7 Å². The molecule has 6 rings (SSSR count). The molecule has 2 amide bonds. The fraction of sp³-hybridized carbons (Fsp3) is 0.379. The number of nitrogens with zero attached hydrogens (tertiary/aromatic N) is 5. The molecule has 2 fully saturated rings. The van der Waals surface area contributed by atoms with Gasteiger partial charge >= 0.3 is 6.09 Å². The molecule has 40 heavy (non-hydrogen) atoms. The molecular formula is C29H31N5O6. The molecule has 0 aromatic carbocycles. The van der Waals surface area contributed by atoms with E-state index in [1.165, 1.54) is 23.0 Å². The van der Waals surface area contributed by atoms with Crippen molar-refractivity contribution in [3.05, 3.63) is 72.4 Å². The number of rotatable bonds is 6. The summed E-state index contributed by atoms with van der Waals surface area (Å²) in [6.45, 7) is 2.46. The molecule has 11 heteroatoms. The van der Waals surface area contributed by atoms with Gasteiger partial charge in [-0.15, -0.1) is 0 Å². The number of hydrogen-bond donors (Lipinski definition) is 0. The van der Waals surface area contributed by atoms with Crippen molar-refractivity contribution in [3.63, 3.8) is 0 Å². The van der Waals surface area contributed by atoms with E-state index in [9.17, 15) is 9.59 Å². The molecule has 2 saturated heterocycles. The number of ether oxygens (including phenoxy) is 4. The molecule has 0 bridgehead atoms. The summed E-state index contributed by atoms with van der Waals surface area (Å²) < 4.78 is 22.2. The lowest BCUT2D eigenvalue weighted by atomic mass is 10.0. The zero-order valence-electron chi connectivity index (χ0n) is 22.3. The summed E-state index contributed by atoms with van der Waals surface area (Å²) in [6, 6.07) is 5.61. The molecule has 0 radical (unpaired) electrons. The van der Waals surface area contributed by atoms with Crippen molar-refractivity contribution in [2.75, 3.05) is 44.7 Å². The van der Waals surface area contributed by atoms with Gasteiger partial charge in [0.2, 0.25) is 11.8 Å². The lowest BCUT2D eigenvalue weighted by Gasteiger charge is -2.25. The number of methoxy groups -OCH3 is 1. The van der Waals surface area contributed by atoms with Crippen LogP contribution in [0.5, 0.6) is 5.88 Å². The van der Waals surface area contributed by atoms with Crippen LogP contribution in [0, 0.1) is 0 Å². The third-order valence-corrected chi connectivity index (χ3v) is 7.35. The van der Waals surface area contributed by atoms with Gasteiger partial charge in [-0.05, 0) is 31.4 Å². The summed E-state index contributed by atoms with van der Waals surface area (Å²) in [7, 11) is 1.59. The van der Waals surface area contributed by atoms with E-state index in [4.69, 9.17) is 18.9 Å². The van der Waals surface area contributed by atoms with Gasteiger partial charge in [-0.3, -0.25) is 9.78 Å². The standard InChI is InChI=1S/C29H31N5O6/c1-37-25-9-8-22-27(31-25)23(10-11-30-22)32-12-5-13-33(15-14-32)28(35)24-17-34(29(36)40-24)26-19-38-18-21(39-26)16-20-6-3-2-4-7-20/h2-3,6,8-11,18-19,24H,4-5,7,12-17H2,1H3. The van der Waals surface area contributed by atoms with E-state index in [1.807, 2.05) is 18.2 Å². The van der Waals surface area contributed by atoms with Crippen LogP contribution in [0.3, 0.4) is 0 Å². The van der Waals surface area contributed by atoms with Crippen LogP contribution in [0.2, 0.25) is 0 Å². The largest absolute Gasteiger partial charge is 0.481 e. The second kappa shape index (κ2) is 11.3. The zero-order valence-corrected chi connectivity index (χ0v) is 22.3. The Morgan fingerprint density at radius 3 is 2.92 bits per heavy atom. The molecule has 5 heterocycles. The van der Waals surface area contributed by atoms with Gasteiger partial charge in [0.1, 0.15) is 17.5 Å². The maximum Gasteiger partial charge on any atom is 0.417 e. The molecule has 1 unspecified atom stereocenters. The summed E-state index contributed by atoms with van der Waals surface area (Å²) >= 11 is 0. The molecular weight excluding hydrogens is 514 g/mol. The predicted octanol–water partition coefficient (Wildman–Crippen LogP) is 3.85. The summed E-state index contributed by atoms with van der Waals surface area (Å²) in [5.74, 6) is 1.13. The number of allylic oxidation sites excluding steroid dienone is 4. The van der Waals surface area contributed by atoms with E-state index in [-0.39, 0.29) is 18.3 Å². The number of amides is 2. The van der Waals surface area contributed by atoms with Crippen molar-refractivity contribution in [2.45, 2.75) is 31.8 Å². The SMILES string of the molecule is COc1ccc2nccc(N3CCCN(C(=O)C4CN(C5=COC=C(CC6=CC=CCC6)O5)C(=O)O4)CC3)c2n1. The highest BCUT2D eigenvalue weighted by Gasteiger charge is 2.41. The molecule has 4 aliphatic rings. The van der Waals surface area contributed by atoms with Crippen molar-refractivity contribution >= 4 is 28.7 Å². The van der Waals surface area contributed by atoms with Crippen molar-refractivity contribution in [3.8, 4) is 5.88 Å². The second-order valence-corrected chi connectivity index (χ2v) is 9.95. The van der Waals surface area contributed by atoms with Crippen LogP contribution >= 0.6 is 0 Å². The molecule has 1 atom stereocenters. The number of hydrogen-bond acceptors (Lipinski definition) is 9. The summed E-state index contributed by atoms with van der Waals surface area (Å²) in [4.78, 5) is 40.5. The Hall–Kier alpha value is -4.54. The minimum Gasteiger partial charge on any atom is -0.481 e. The highest BCUT2D eigenvalue weighted by molar-refractivity contribution is 5.89. The molecule has 0 N–H and O–H groups in total. The Morgan fingerprint density at radius 2 is 2.08 bits per heavy atom. The van der Waals surface area contributed by atoms with Crippen molar-refractivity contribution < 1.29 is 28.5 Å². The van der Waals surface area contributed by atoms with Crippen LogP contribution < -0.4 is 9.64 Å². The minimum absolute atomic E-state index is 0.0600. The van der Waals surface area contributed by atoms with E-state index >= 15 is 0 Å². The topological polar surface area (TPSA) is 107 Å². The second-order valence-electron chi connectivity index (χ2n) is 9.95. The molecule has 2 aromatic rings. The van der Waals surface area contributed by atoms with Gasteiger partial charge in [0.25, 0.3) is 5.91 Å². The van der Waals surface area contributed by atoms with Crippen LogP contribution in [0.4, 0.5) is 10.5 Å². The summed E-state index contributed by atoms with van der Waals surface area (Å²) in [5.41, 5.74) is 3.71. The van der Waals surface area contributed by atoms with Gasteiger partial charge in [0.05, 0.1) is 24.9 Å². The minimum atomic E-state index is -0.920. The van der Waals surface area contributed by atoms with Gasteiger partial charge in [0.15, 0.2) is 12.4 Å². The molecule has 1 aliphatic carbocycles. The van der Waals surface area contributed by atoms with Crippen LogP contribution in [0.25, 0.3) is 11.0 Å². The van der Waals surface area contributed by atoms with Crippen LogP contribution in [-0.2, 0) is 19.0 Å². The number of carbonyl (C=O) groups excluding carboxylic acids is 2. The molecule has 0 saturated carbocycles. The van der Waals surface area contributed by atoms with Crippen molar-refractivity contribution in [1.82, 2.24) is 19.8 Å². The Morgan fingerprint density at radius 1 is 1.15 bits per heavy atom. The Balaban J connectivity index is 1.08. The molecule has 2 aromatic heterocycles. The number of fused-ring (bicyclic) bond motifs is 1. The van der Waals surface area contributed by atoms with Gasteiger partial charge in [-0.25, -0.2) is 14.7 Å². The first-order valence-corrected chi connectivity index (χ1v) is 13.5. The number of cyclic esters (lactones) is 1. The predicted molar refractivity (Wildman–Crippen MR) is 146 cm³/mol. The van der Waals surface area contributed by atoms with Crippen LogP contribution in [-0.4, -0.2) is 77.7 Å². The number of carbonyl (C=O) groups is 2. The van der Waals surface area contributed by atoms with Gasteiger partial charge < -0.3 is 28.7 Å². The van der Waals surface area contributed by atoms with Gasteiger partial charge in [0, 0.05) is 44.9 Å². The fourth-order valence-corrected chi connectivity index (χ4v) is 5.29. The lowest BCUT2D eigenvalue weighted by molar-refractivity contribution is -0.138. The Labute approximate surface area is 231 Å². The van der Waals surface area contributed by atoms with Crippen molar-refractivity contribution in [2.24, 2.45) is 0 Å². The van der Waals surface area contributed by atoms with Crippen molar-refractivity contribution in [1.29, 1.82) is 0 Å². The zero-order chi connectivity index (χ0) is 27.5. The van der Waals surface area contributed by atoms with E-state index < -0.39 is 12.2 Å². The average Bonchev–Trinajstić information content (AvgIpc) is 3.22. The first-order valence-electron chi connectivity index (χ1n) is 13.5. The normalized spacial score (nSPS) is 21.1. The number of anilines is 1. The summed E-state index contributed by atoms with van der Waals surface area (Å²) in [5, 5.41) is 0. The molecule has 3 aliphatic heterocycles. The Kier molecular flexibility index (Phi) is 7.26. The average molecular weight is 546 g/mol. The van der Waals surface area contributed by atoms with E-state index in [0.29, 0.717) is 37.7 Å². The van der Waals surface area contributed by atoms with E-state index in [2.05, 4.69) is 27.0 Å². The summed E-state index contributed by atoms with van der Waals surface area (Å²) in [6.07, 6.45) is 12.6. The van der Waals surface area contributed by atoms with E-state index in [1.54, 1.807) is 24.3 Å². The third kappa shape index (κ3) is 5.31. The van der Waals surface area contributed by atoms with Crippen LogP contribution in [0.15, 0.2) is 72.4 Å². The van der Waals surface area contributed by atoms with Gasteiger partial charge in [-0.1, -0.05) is 23.8 Å². The Bertz CT molecular complexity index is 1430. The first-order chi connectivity index (χ1) is 19.6. The van der Waals surface area contributed by atoms with E-state index in [0.717, 1.165) is 42.5 Å². The van der Waals surface area contributed by atoms with Gasteiger partial charge in [-0.2, -0.15) is 0 Å². The number of pyridine rings is 2. The monoisotopic (exact) mass is 545 g/mol. The first kappa shape index (κ1) is 25.7. The molecule has 11 nitrogen and oxygen atoms in total. The maximum absolute atomic E-state index is 13.4. The molecule has 208 valence electrons. The lowest BCUT2D eigenvalue weighted by Crippen LogP contribution is -2.43. The maximum atomic E-state index is 13.4. The smallest absolute Gasteiger partial charge is 0.417 e.